The predicted octanol–water partition coefficient (Wildman–Crippen LogP) is 1.49. The highest BCUT2D eigenvalue weighted by Crippen LogP contribution is 2.18. The van der Waals surface area contributed by atoms with Gasteiger partial charge in [-0.3, -0.25) is 0 Å². The van der Waals surface area contributed by atoms with Crippen LogP contribution in [0.4, 0.5) is 0 Å². The van der Waals surface area contributed by atoms with E-state index in [0.717, 1.165) is 19.8 Å². The maximum atomic E-state index is 11.5. The van der Waals surface area contributed by atoms with Crippen LogP contribution in [0, 0.1) is 6.92 Å². The number of aryl methyl sites for hydroxylation is 1. The molecule has 0 heterocycles. The number of benzene rings is 1. The van der Waals surface area contributed by atoms with E-state index in [0.29, 0.717) is 0 Å². The normalized spacial score (nSPS) is 11.3. The van der Waals surface area contributed by atoms with Gasteiger partial charge in [0.25, 0.3) is 11.5 Å². The smallest absolute Gasteiger partial charge is 0.378 e. The van der Waals surface area contributed by atoms with Gasteiger partial charge >= 0.3 is 11.9 Å². The predicted molar refractivity (Wildman–Crippen MR) is 65.5 cm³/mol. The van der Waals surface area contributed by atoms with Gasteiger partial charge in [-0.2, -0.15) is 0 Å². The van der Waals surface area contributed by atoms with Gasteiger partial charge in [-0.05, 0) is 24.6 Å². The average Bonchev–Trinajstić information content (AvgIpc) is 2.42. The molecular formula is C13H14O6. The molecule has 0 saturated carbocycles. The van der Waals surface area contributed by atoms with Crippen LogP contribution < -0.4 is 4.74 Å². The largest absolute Gasteiger partial charge is 0.499 e. The van der Waals surface area contributed by atoms with E-state index in [4.69, 9.17) is 4.74 Å². The Balaban J connectivity index is 3.13. The molecule has 1 aromatic rings. The van der Waals surface area contributed by atoms with E-state index in [1.165, 1.54) is 0 Å². The third kappa shape index (κ3) is 3.74. The Hall–Kier alpha value is -2.50. The van der Waals surface area contributed by atoms with Gasteiger partial charge < -0.3 is 19.3 Å². The molecule has 6 heteroatoms. The maximum Gasteiger partial charge on any atom is 0.378 e. The SMILES string of the molecule is COC(=O)/C(O)=C(/Oc1cccc(C)c1)C(=O)OC. The van der Waals surface area contributed by atoms with Crippen molar-refractivity contribution >= 4 is 11.9 Å². The van der Waals surface area contributed by atoms with Crippen LogP contribution in [-0.4, -0.2) is 31.3 Å². The van der Waals surface area contributed by atoms with E-state index in [-0.39, 0.29) is 5.75 Å². The molecule has 0 amide bonds. The van der Waals surface area contributed by atoms with Crippen LogP contribution in [0.15, 0.2) is 35.8 Å². The van der Waals surface area contributed by atoms with Gasteiger partial charge in [-0.25, -0.2) is 9.59 Å². The highest BCUT2D eigenvalue weighted by atomic mass is 16.6. The first kappa shape index (κ1) is 14.6. The summed E-state index contributed by atoms with van der Waals surface area (Å²) >= 11 is 0. The molecule has 0 fully saturated rings. The zero-order valence-corrected chi connectivity index (χ0v) is 10.8. The monoisotopic (exact) mass is 266 g/mol. The van der Waals surface area contributed by atoms with Crippen LogP contribution >= 0.6 is 0 Å². The van der Waals surface area contributed by atoms with E-state index >= 15 is 0 Å². The molecule has 1 N–H and O–H groups in total. The fourth-order valence-electron chi connectivity index (χ4n) is 1.27. The Morgan fingerprint density at radius 2 is 1.74 bits per heavy atom. The second kappa shape index (κ2) is 6.44. The van der Waals surface area contributed by atoms with Crippen molar-refractivity contribution in [1.82, 2.24) is 0 Å². The third-order valence-electron chi connectivity index (χ3n) is 2.17. The Kier molecular flexibility index (Phi) is 4.93. The molecule has 1 aromatic carbocycles. The molecule has 0 aliphatic heterocycles. The minimum atomic E-state index is -1.09. The zero-order chi connectivity index (χ0) is 14.4. The number of hydrogen-bond donors (Lipinski definition) is 1. The molecule has 0 aliphatic rings. The van der Waals surface area contributed by atoms with Gasteiger partial charge in [0.15, 0.2) is 0 Å². The Morgan fingerprint density at radius 1 is 1.11 bits per heavy atom. The fraction of sp³-hybridized carbons (Fsp3) is 0.231. The number of carbonyl (C=O) groups excluding carboxylic acids is 2. The highest BCUT2D eigenvalue weighted by Gasteiger charge is 2.24. The van der Waals surface area contributed by atoms with Crippen molar-refractivity contribution in [2.75, 3.05) is 14.2 Å². The quantitative estimate of drug-likeness (QED) is 0.505. The lowest BCUT2D eigenvalue weighted by atomic mass is 10.2. The van der Waals surface area contributed by atoms with E-state index < -0.39 is 23.5 Å². The summed E-state index contributed by atoms with van der Waals surface area (Å²) in [5.74, 6) is -3.36. The average molecular weight is 266 g/mol. The molecule has 0 radical (unpaired) electrons. The zero-order valence-electron chi connectivity index (χ0n) is 10.8. The maximum absolute atomic E-state index is 11.5. The number of carbonyl (C=O) groups is 2. The first-order valence-electron chi connectivity index (χ1n) is 5.34. The summed E-state index contributed by atoms with van der Waals surface area (Å²) in [5.41, 5.74) is 0.888. The molecule has 0 aromatic heterocycles. The van der Waals surface area contributed by atoms with Gasteiger partial charge in [-0.1, -0.05) is 12.1 Å². The molecular weight excluding hydrogens is 252 g/mol. The second-order valence-corrected chi connectivity index (χ2v) is 3.58. The molecule has 0 bridgehead atoms. The first-order chi connectivity index (χ1) is 8.99. The summed E-state index contributed by atoms with van der Waals surface area (Å²) in [6.07, 6.45) is 0. The molecule has 1 rings (SSSR count). The Bertz CT molecular complexity index is 518. The summed E-state index contributed by atoms with van der Waals surface area (Å²) in [6, 6.07) is 6.73. The van der Waals surface area contributed by atoms with Crippen molar-refractivity contribution < 1.29 is 28.9 Å². The minimum Gasteiger partial charge on any atom is -0.499 e. The van der Waals surface area contributed by atoms with Crippen molar-refractivity contribution in [2.45, 2.75) is 6.92 Å². The Labute approximate surface area is 110 Å². The van der Waals surface area contributed by atoms with Crippen LogP contribution in [-0.2, 0) is 19.1 Å². The summed E-state index contributed by atoms with van der Waals surface area (Å²) in [5, 5.41) is 9.59. The van der Waals surface area contributed by atoms with E-state index in [1.807, 2.05) is 13.0 Å². The lowest BCUT2D eigenvalue weighted by molar-refractivity contribution is -0.143. The molecule has 102 valence electrons. The van der Waals surface area contributed by atoms with Crippen LogP contribution in [0.1, 0.15) is 5.56 Å². The van der Waals surface area contributed by atoms with Crippen molar-refractivity contribution in [3.05, 3.63) is 41.3 Å². The van der Waals surface area contributed by atoms with Crippen LogP contribution in [0.3, 0.4) is 0 Å². The summed E-state index contributed by atoms with van der Waals surface area (Å²) in [6.45, 7) is 1.83. The molecule has 0 atom stereocenters. The number of rotatable bonds is 4. The Morgan fingerprint density at radius 3 is 2.26 bits per heavy atom. The standard InChI is InChI=1S/C13H14O6/c1-8-5-4-6-9(7-8)19-11(13(16)18-3)10(14)12(15)17-2/h4-7,14H,1-3H3/b11-10-. The lowest BCUT2D eigenvalue weighted by Crippen LogP contribution is -2.18. The number of esters is 2. The van der Waals surface area contributed by atoms with Gasteiger partial charge in [0.1, 0.15) is 5.75 Å². The van der Waals surface area contributed by atoms with Gasteiger partial charge in [0.2, 0.25) is 0 Å². The summed E-state index contributed by atoms with van der Waals surface area (Å²) in [4.78, 5) is 22.7. The molecule has 0 spiro atoms. The van der Waals surface area contributed by atoms with Crippen LogP contribution in [0.5, 0.6) is 5.75 Å². The molecule has 0 aliphatic carbocycles. The lowest BCUT2D eigenvalue weighted by Gasteiger charge is -2.10. The van der Waals surface area contributed by atoms with Gasteiger partial charge in [0.05, 0.1) is 14.2 Å². The topological polar surface area (TPSA) is 82.1 Å². The van der Waals surface area contributed by atoms with E-state index in [2.05, 4.69) is 9.47 Å². The minimum absolute atomic E-state index is 0.288. The summed E-state index contributed by atoms with van der Waals surface area (Å²) < 4.78 is 13.9. The number of methoxy groups -OCH3 is 2. The molecule has 6 nitrogen and oxygen atoms in total. The summed E-state index contributed by atoms with van der Waals surface area (Å²) in [7, 11) is 2.17. The fourth-order valence-corrected chi connectivity index (χ4v) is 1.27. The van der Waals surface area contributed by atoms with Crippen LogP contribution in [0.2, 0.25) is 0 Å². The number of hydrogen-bond acceptors (Lipinski definition) is 6. The third-order valence-corrected chi connectivity index (χ3v) is 2.17. The second-order valence-electron chi connectivity index (χ2n) is 3.58. The molecule has 0 saturated heterocycles. The molecule has 19 heavy (non-hydrogen) atoms. The van der Waals surface area contributed by atoms with E-state index in [9.17, 15) is 14.7 Å². The molecule has 0 unspecified atom stereocenters. The van der Waals surface area contributed by atoms with Crippen molar-refractivity contribution in [1.29, 1.82) is 0 Å². The van der Waals surface area contributed by atoms with Gasteiger partial charge in [-0.15, -0.1) is 0 Å². The van der Waals surface area contributed by atoms with E-state index in [1.54, 1.807) is 18.2 Å². The van der Waals surface area contributed by atoms with Crippen molar-refractivity contribution in [3.63, 3.8) is 0 Å². The number of aliphatic hydroxyl groups excluding tert-OH is 1. The highest BCUT2D eigenvalue weighted by molar-refractivity contribution is 5.97. The van der Waals surface area contributed by atoms with Gasteiger partial charge in [0, 0.05) is 0 Å². The van der Waals surface area contributed by atoms with Crippen LogP contribution in [0.25, 0.3) is 0 Å². The number of aliphatic hydroxyl groups is 1. The number of ether oxygens (including phenoxy) is 3. The first-order valence-corrected chi connectivity index (χ1v) is 5.34. The van der Waals surface area contributed by atoms with Crippen molar-refractivity contribution in [2.24, 2.45) is 0 Å². The van der Waals surface area contributed by atoms with Crippen molar-refractivity contribution in [3.8, 4) is 5.75 Å².